The zero-order valence-corrected chi connectivity index (χ0v) is 10.9. The molecule has 1 N–H and O–H groups in total. The van der Waals surface area contributed by atoms with Gasteiger partial charge in [-0.25, -0.2) is 8.42 Å². The van der Waals surface area contributed by atoms with Gasteiger partial charge in [-0.15, -0.1) is 0 Å². The van der Waals surface area contributed by atoms with E-state index in [9.17, 15) is 18.0 Å². The molecule has 2 amide bonds. The minimum atomic E-state index is -3.00. The maximum Gasteiger partial charge on any atom is 0.244 e. The van der Waals surface area contributed by atoms with Crippen LogP contribution in [0.1, 0.15) is 19.8 Å². The highest BCUT2D eigenvalue weighted by Gasteiger charge is 2.26. The normalized spacial score (nSPS) is 22.2. The van der Waals surface area contributed by atoms with Crippen molar-refractivity contribution >= 4 is 21.7 Å². The third-order valence-corrected chi connectivity index (χ3v) is 3.64. The average molecular weight is 262 g/mol. The monoisotopic (exact) mass is 262 g/mol. The first-order valence-electron chi connectivity index (χ1n) is 5.55. The van der Waals surface area contributed by atoms with Crippen LogP contribution in [0, 0.1) is 0 Å². The third kappa shape index (κ3) is 4.72. The molecule has 0 aromatic carbocycles. The van der Waals surface area contributed by atoms with Gasteiger partial charge in [0.2, 0.25) is 11.8 Å². The molecular formula is C10H18N2O4S. The Hall–Kier alpha value is -1.11. The lowest BCUT2D eigenvalue weighted by atomic mass is 10.3. The van der Waals surface area contributed by atoms with Gasteiger partial charge in [0.05, 0.1) is 5.75 Å². The molecule has 98 valence electrons. The molecule has 0 bridgehead atoms. The van der Waals surface area contributed by atoms with Crippen molar-refractivity contribution < 1.29 is 18.0 Å². The van der Waals surface area contributed by atoms with E-state index in [0.29, 0.717) is 19.5 Å². The van der Waals surface area contributed by atoms with E-state index in [0.717, 1.165) is 0 Å². The predicted molar refractivity (Wildman–Crippen MR) is 63.1 cm³/mol. The second-order valence-corrected chi connectivity index (χ2v) is 6.61. The van der Waals surface area contributed by atoms with Crippen molar-refractivity contribution in [2.24, 2.45) is 0 Å². The quantitative estimate of drug-likeness (QED) is 0.716. The number of hydrogen-bond acceptors (Lipinski definition) is 4. The number of rotatable bonds is 4. The summed E-state index contributed by atoms with van der Waals surface area (Å²) in [5.41, 5.74) is 0. The molecule has 1 heterocycles. The van der Waals surface area contributed by atoms with E-state index in [-0.39, 0.29) is 24.0 Å². The molecule has 0 saturated carbocycles. The van der Waals surface area contributed by atoms with E-state index in [2.05, 4.69) is 5.32 Å². The minimum Gasteiger partial charge on any atom is -0.345 e. The molecule has 0 aliphatic carbocycles. The SMILES string of the molecule is CC1NC(=O)CCN(CCCS(C)(=O)=O)C1=O. The molecule has 1 atom stereocenters. The number of carbonyl (C=O) groups is 2. The highest BCUT2D eigenvalue weighted by atomic mass is 32.2. The number of sulfone groups is 1. The molecule has 0 spiro atoms. The standard InChI is InChI=1S/C10H18N2O4S/c1-8-10(14)12(6-4-9(13)11-8)5-3-7-17(2,15)16/h8H,3-7H2,1-2H3,(H,11,13). The second-order valence-electron chi connectivity index (χ2n) is 4.35. The van der Waals surface area contributed by atoms with E-state index in [1.54, 1.807) is 11.8 Å². The van der Waals surface area contributed by atoms with Gasteiger partial charge in [-0.05, 0) is 13.3 Å². The Labute approximate surface area is 101 Å². The van der Waals surface area contributed by atoms with Crippen molar-refractivity contribution in [1.82, 2.24) is 10.2 Å². The third-order valence-electron chi connectivity index (χ3n) is 2.61. The van der Waals surface area contributed by atoms with Gasteiger partial charge in [0.25, 0.3) is 0 Å². The molecule has 1 aliphatic rings. The Morgan fingerprint density at radius 2 is 2.06 bits per heavy atom. The lowest BCUT2D eigenvalue weighted by molar-refractivity contribution is -0.133. The van der Waals surface area contributed by atoms with Crippen molar-refractivity contribution in [3.63, 3.8) is 0 Å². The summed E-state index contributed by atoms with van der Waals surface area (Å²) in [5, 5.41) is 2.58. The Kier molecular flexibility index (Phi) is 4.50. The van der Waals surface area contributed by atoms with Crippen molar-refractivity contribution in [3.8, 4) is 0 Å². The number of nitrogens with zero attached hydrogens (tertiary/aromatic N) is 1. The highest BCUT2D eigenvalue weighted by Crippen LogP contribution is 2.04. The van der Waals surface area contributed by atoms with Crippen molar-refractivity contribution in [3.05, 3.63) is 0 Å². The van der Waals surface area contributed by atoms with Gasteiger partial charge in [-0.2, -0.15) is 0 Å². The van der Waals surface area contributed by atoms with Crippen LogP contribution in [0.2, 0.25) is 0 Å². The minimum absolute atomic E-state index is 0.0620. The fourth-order valence-corrected chi connectivity index (χ4v) is 2.39. The lowest BCUT2D eigenvalue weighted by Crippen LogP contribution is -2.43. The van der Waals surface area contributed by atoms with Crippen LogP contribution in [0.3, 0.4) is 0 Å². The Morgan fingerprint density at radius 1 is 1.41 bits per heavy atom. The summed E-state index contributed by atoms with van der Waals surface area (Å²) in [6, 6.07) is -0.525. The van der Waals surface area contributed by atoms with E-state index < -0.39 is 15.9 Å². The van der Waals surface area contributed by atoms with Crippen LogP contribution in [0.5, 0.6) is 0 Å². The molecule has 0 aromatic heterocycles. The van der Waals surface area contributed by atoms with E-state index in [1.807, 2.05) is 0 Å². The van der Waals surface area contributed by atoms with Crippen LogP contribution in [0.15, 0.2) is 0 Å². The zero-order valence-electron chi connectivity index (χ0n) is 10.1. The summed E-state index contributed by atoms with van der Waals surface area (Å²) in [4.78, 5) is 24.6. The van der Waals surface area contributed by atoms with Gasteiger partial charge in [-0.1, -0.05) is 0 Å². The van der Waals surface area contributed by atoms with Crippen LogP contribution in [0.4, 0.5) is 0 Å². The summed E-state index contributed by atoms with van der Waals surface area (Å²) in [7, 11) is -3.00. The zero-order chi connectivity index (χ0) is 13.1. The molecule has 7 heteroatoms. The predicted octanol–water partition coefficient (Wildman–Crippen LogP) is -0.842. The van der Waals surface area contributed by atoms with Gasteiger partial charge < -0.3 is 10.2 Å². The molecule has 1 unspecified atom stereocenters. The van der Waals surface area contributed by atoms with Crippen LogP contribution in [-0.2, 0) is 19.4 Å². The number of hydrogen-bond donors (Lipinski definition) is 1. The Bertz CT molecular complexity index is 405. The summed E-state index contributed by atoms with van der Waals surface area (Å²) in [6.07, 6.45) is 1.85. The molecular weight excluding hydrogens is 244 g/mol. The van der Waals surface area contributed by atoms with Gasteiger partial charge in [0, 0.05) is 25.8 Å². The molecule has 0 radical (unpaired) electrons. The summed E-state index contributed by atoms with van der Waals surface area (Å²) >= 11 is 0. The summed E-state index contributed by atoms with van der Waals surface area (Å²) in [5.74, 6) is -0.229. The molecule has 1 saturated heterocycles. The fourth-order valence-electron chi connectivity index (χ4n) is 1.74. The van der Waals surface area contributed by atoms with Crippen molar-refractivity contribution in [1.29, 1.82) is 0 Å². The van der Waals surface area contributed by atoms with Crippen LogP contribution in [-0.4, -0.2) is 56.3 Å². The first kappa shape index (κ1) is 14.0. The lowest BCUT2D eigenvalue weighted by Gasteiger charge is -2.21. The Morgan fingerprint density at radius 3 is 2.65 bits per heavy atom. The van der Waals surface area contributed by atoms with Gasteiger partial charge >= 0.3 is 0 Å². The largest absolute Gasteiger partial charge is 0.345 e. The highest BCUT2D eigenvalue weighted by molar-refractivity contribution is 7.90. The molecule has 17 heavy (non-hydrogen) atoms. The second kappa shape index (κ2) is 5.48. The molecule has 1 fully saturated rings. The molecule has 6 nitrogen and oxygen atoms in total. The summed E-state index contributed by atoms with van der Waals surface area (Å²) < 4.78 is 21.9. The number of carbonyl (C=O) groups excluding carboxylic acids is 2. The first-order chi connectivity index (χ1) is 7.79. The van der Waals surface area contributed by atoms with Crippen LogP contribution >= 0.6 is 0 Å². The average Bonchev–Trinajstić information content (AvgIpc) is 2.29. The number of nitrogens with one attached hydrogen (secondary N) is 1. The van der Waals surface area contributed by atoms with Gasteiger partial charge in [-0.3, -0.25) is 9.59 Å². The fraction of sp³-hybridized carbons (Fsp3) is 0.800. The van der Waals surface area contributed by atoms with Crippen molar-refractivity contribution in [2.45, 2.75) is 25.8 Å². The maximum absolute atomic E-state index is 11.8. The number of amides is 2. The van der Waals surface area contributed by atoms with Gasteiger partial charge in [0.1, 0.15) is 15.9 Å². The van der Waals surface area contributed by atoms with E-state index in [1.165, 1.54) is 6.26 Å². The Balaban J connectivity index is 2.52. The molecule has 1 rings (SSSR count). The first-order valence-corrected chi connectivity index (χ1v) is 7.61. The maximum atomic E-state index is 11.8. The van der Waals surface area contributed by atoms with Crippen LogP contribution in [0.25, 0.3) is 0 Å². The van der Waals surface area contributed by atoms with E-state index in [4.69, 9.17) is 0 Å². The molecule has 0 aromatic rings. The summed E-state index contributed by atoms with van der Waals surface area (Å²) in [6.45, 7) is 2.37. The van der Waals surface area contributed by atoms with Crippen LogP contribution < -0.4 is 5.32 Å². The van der Waals surface area contributed by atoms with Crippen molar-refractivity contribution in [2.75, 3.05) is 25.1 Å². The van der Waals surface area contributed by atoms with Gasteiger partial charge in [0.15, 0.2) is 0 Å². The molecule has 1 aliphatic heterocycles. The topological polar surface area (TPSA) is 83.6 Å². The smallest absolute Gasteiger partial charge is 0.244 e. The van der Waals surface area contributed by atoms with E-state index >= 15 is 0 Å².